The van der Waals surface area contributed by atoms with Crippen LogP contribution in [-0.2, 0) is 13.1 Å². The molecule has 1 heterocycles. The Labute approximate surface area is 121 Å². The van der Waals surface area contributed by atoms with E-state index in [1.54, 1.807) is 0 Å². The van der Waals surface area contributed by atoms with Gasteiger partial charge in [0.25, 0.3) is 0 Å². The van der Waals surface area contributed by atoms with Gasteiger partial charge < -0.3 is 15.5 Å². The fraction of sp³-hybridized carbons (Fsp3) is 0.562. The van der Waals surface area contributed by atoms with Crippen LogP contribution >= 0.6 is 0 Å². The number of carbonyl (C=O) groups is 1. The van der Waals surface area contributed by atoms with Crippen LogP contribution in [0.25, 0.3) is 0 Å². The molecule has 1 fully saturated rings. The highest BCUT2D eigenvalue weighted by atomic mass is 16.2. The number of carbonyl (C=O) groups excluding carboxylic acids is 1. The molecular weight excluding hydrogens is 250 g/mol. The first-order chi connectivity index (χ1) is 9.70. The molecule has 0 aliphatic carbocycles. The number of amides is 2. The standard InChI is InChI=1S/C16H25N3O/c1-18(13-15-8-6-14(12-17)7-9-15)16(20)19-10-4-2-3-5-11-19/h6-9H,2-5,10-13,17H2,1H3. The van der Waals surface area contributed by atoms with E-state index >= 15 is 0 Å². The van der Waals surface area contributed by atoms with E-state index in [0.717, 1.165) is 37.1 Å². The van der Waals surface area contributed by atoms with Gasteiger partial charge in [-0.15, -0.1) is 0 Å². The van der Waals surface area contributed by atoms with Crippen molar-refractivity contribution in [2.24, 2.45) is 5.73 Å². The largest absolute Gasteiger partial charge is 0.326 e. The average Bonchev–Trinajstić information content (AvgIpc) is 2.76. The van der Waals surface area contributed by atoms with Crippen molar-refractivity contribution in [3.05, 3.63) is 35.4 Å². The van der Waals surface area contributed by atoms with Gasteiger partial charge in [0.15, 0.2) is 0 Å². The quantitative estimate of drug-likeness (QED) is 0.921. The highest BCUT2D eigenvalue weighted by molar-refractivity contribution is 5.74. The molecular formula is C16H25N3O. The lowest BCUT2D eigenvalue weighted by Gasteiger charge is -2.27. The van der Waals surface area contributed by atoms with Gasteiger partial charge in [-0.2, -0.15) is 0 Å². The van der Waals surface area contributed by atoms with E-state index in [2.05, 4.69) is 0 Å². The van der Waals surface area contributed by atoms with E-state index in [-0.39, 0.29) is 6.03 Å². The minimum atomic E-state index is 0.148. The maximum atomic E-state index is 12.4. The van der Waals surface area contributed by atoms with Crippen molar-refractivity contribution in [3.8, 4) is 0 Å². The van der Waals surface area contributed by atoms with E-state index in [1.807, 2.05) is 41.1 Å². The van der Waals surface area contributed by atoms with Crippen LogP contribution in [0.5, 0.6) is 0 Å². The molecule has 2 N–H and O–H groups in total. The second-order valence-electron chi connectivity index (χ2n) is 5.56. The van der Waals surface area contributed by atoms with Gasteiger partial charge in [0, 0.05) is 33.2 Å². The summed E-state index contributed by atoms with van der Waals surface area (Å²) in [5.41, 5.74) is 7.86. The van der Waals surface area contributed by atoms with Crippen LogP contribution in [0, 0.1) is 0 Å². The van der Waals surface area contributed by atoms with Crippen molar-refractivity contribution in [1.29, 1.82) is 0 Å². The molecule has 0 bridgehead atoms. The van der Waals surface area contributed by atoms with Crippen LogP contribution < -0.4 is 5.73 Å². The van der Waals surface area contributed by atoms with Gasteiger partial charge in [-0.25, -0.2) is 4.79 Å². The fourth-order valence-corrected chi connectivity index (χ4v) is 2.63. The summed E-state index contributed by atoms with van der Waals surface area (Å²) in [6.45, 7) is 3.01. The number of benzene rings is 1. The molecule has 1 aliphatic heterocycles. The summed E-state index contributed by atoms with van der Waals surface area (Å²) >= 11 is 0. The Morgan fingerprint density at radius 3 is 2.20 bits per heavy atom. The lowest BCUT2D eigenvalue weighted by molar-refractivity contribution is 0.162. The third-order valence-electron chi connectivity index (χ3n) is 3.88. The summed E-state index contributed by atoms with van der Waals surface area (Å²) in [6.07, 6.45) is 4.75. The predicted octanol–water partition coefficient (Wildman–Crippen LogP) is 2.57. The summed E-state index contributed by atoms with van der Waals surface area (Å²) in [5, 5.41) is 0. The Hall–Kier alpha value is -1.55. The summed E-state index contributed by atoms with van der Waals surface area (Å²) in [7, 11) is 1.88. The molecule has 1 saturated heterocycles. The van der Waals surface area contributed by atoms with Crippen LogP contribution in [0.4, 0.5) is 4.79 Å². The Morgan fingerprint density at radius 2 is 1.65 bits per heavy atom. The molecule has 20 heavy (non-hydrogen) atoms. The molecule has 110 valence electrons. The van der Waals surface area contributed by atoms with Gasteiger partial charge in [0.1, 0.15) is 0 Å². The topological polar surface area (TPSA) is 49.6 Å². The number of hydrogen-bond donors (Lipinski definition) is 1. The van der Waals surface area contributed by atoms with E-state index in [4.69, 9.17) is 5.73 Å². The Balaban J connectivity index is 1.92. The second-order valence-corrected chi connectivity index (χ2v) is 5.56. The van der Waals surface area contributed by atoms with Crippen LogP contribution in [0.15, 0.2) is 24.3 Å². The van der Waals surface area contributed by atoms with Crippen LogP contribution in [0.3, 0.4) is 0 Å². The van der Waals surface area contributed by atoms with Crippen molar-refractivity contribution >= 4 is 6.03 Å². The molecule has 0 aromatic heterocycles. The predicted molar refractivity (Wildman–Crippen MR) is 81.2 cm³/mol. The van der Waals surface area contributed by atoms with E-state index in [1.165, 1.54) is 12.8 Å². The molecule has 1 aromatic rings. The van der Waals surface area contributed by atoms with Gasteiger partial charge in [0.05, 0.1) is 0 Å². The first-order valence-corrected chi connectivity index (χ1v) is 7.48. The zero-order chi connectivity index (χ0) is 14.4. The second kappa shape index (κ2) is 7.29. The van der Waals surface area contributed by atoms with Gasteiger partial charge in [-0.1, -0.05) is 37.1 Å². The molecule has 1 aliphatic rings. The van der Waals surface area contributed by atoms with E-state index in [9.17, 15) is 4.79 Å². The third kappa shape index (κ3) is 3.97. The first-order valence-electron chi connectivity index (χ1n) is 7.48. The molecule has 0 atom stereocenters. The molecule has 0 radical (unpaired) electrons. The Bertz CT molecular complexity index is 422. The van der Waals surface area contributed by atoms with Crippen molar-refractivity contribution in [2.45, 2.75) is 38.8 Å². The molecule has 0 spiro atoms. The molecule has 4 nitrogen and oxygen atoms in total. The number of nitrogens with two attached hydrogens (primary N) is 1. The minimum Gasteiger partial charge on any atom is -0.326 e. The third-order valence-corrected chi connectivity index (χ3v) is 3.88. The summed E-state index contributed by atoms with van der Waals surface area (Å²) in [5.74, 6) is 0. The van der Waals surface area contributed by atoms with E-state index in [0.29, 0.717) is 13.1 Å². The average molecular weight is 275 g/mol. The minimum absolute atomic E-state index is 0.148. The zero-order valence-electron chi connectivity index (χ0n) is 12.3. The smallest absolute Gasteiger partial charge is 0.320 e. The zero-order valence-corrected chi connectivity index (χ0v) is 12.3. The van der Waals surface area contributed by atoms with Gasteiger partial charge >= 0.3 is 6.03 Å². The Morgan fingerprint density at radius 1 is 1.10 bits per heavy atom. The maximum Gasteiger partial charge on any atom is 0.320 e. The molecule has 1 aromatic carbocycles. The molecule has 0 saturated carbocycles. The van der Waals surface area contributed by atoms with Crippen LogP contribution in [-0.4, -0.2) is 36.0 Å². The summed E-state index contributed by atoms with van der Waals surface area (Å²) in [4.78, 5) is 16.2. The Kier molecular flexibility index (Phi) is 5.41. The van der Waals surface area contributed by atoms with Crippen molar-refractivity contribution in [2.75, 3.05) is 20.1 Å². The highest BCUT2D eigenvalue weighted by Gasteiger charge is 2.19. The number of likely N-dealkylation sites (tertiary alicyclic amines) is 1. The summed E-state index contributed by atoms with van der Waals surface area (Å²) in [6, 6.07) is 8.30. The lowest BCUT2D eigenvalue weighted by atomic mass is 10.1. The molecule has 2 rings (SSSR count). The normalized spacial score (nSPS) is 15.8. The fourth-order valence-electron chi connectivity index (χ4n) is 2.63. The lowest BCUT2D eigenvalue weighted by Crippen LogP contribution is -2.41. The highest BCUT2D eigenvalue weighted by Crippen LogP contribution is 2.13. The van der Waals surface area contributed by atoms with Crippen molar-refractivity contribution < 1.29 is 4.79 Å². The van der Waals surface area contributed by atoms with Crippen LogP contribution in [0.1, 0.15) is 36.8 Å². The first kappa shape index (κ1) is 14.9. The van der Waals surface area contributed by atoms with Crippen molar-refractivity contribution in [3.63, 3.8) is 0 Å². The number of hydrogen-bond acceptors (Lipinski definition) is 2. The van der Waals surface area contributed by atoms with Gasteiger partial charge in [-0.3, -0.25) is 0 Å². The van der Waals surface area contributed by atoms with Gasteiger partial charge in [0.2, 0.25) is 0 Å². The number of urea groups is 1. The van der Waals surface area contributed by atoms with Crippen LogP contribution in [0.2, 0.25) is 0 Å². The molecule has 2 amide bonds. The number of nitrogens with zero attached hydrogens (tertiary/aromatic N) is 2. The van der Waals surface area contributed by atoms with E-state index < -0.39 is 0 Å². The van der Waals surface area contributed by atoms with Crippen molar-refractivity contribution in [1.82, 2.24) is 9.80 Å². The maximum absolute atomic E-state index is 12.4. The SMILES string of the molecule is CN(Cc1ccc(CN)cc1)C(=O)N1CCCCCC1. The summed E-state index contributed by atoms with van der Waals surface area (Å²) < 4.78 is 0. The molecule has 4 heteroatoms. The van der Waals surface area contributed by atoms with Gasteiger partial charge in [-0.05, 0) is 24.0 Å². The number of rotatable bonds is 3. The molecule has 0 unspecified atom stereocenters. The monoisotopic (exact) mass is 275 g/mol.